The van der Waals surface area contributed by atoms with Crippen LogP contribution in [0.1, 0.15) is 57.4 Å². The zero-order valence-electron chi connectivity index (χ0n) is 17.4. The molecule has 0 radical (unpaired) electrons. The Morgan fingerprint density at radius 1 is 0.793 bits per heavy atom. The molecule has 1 aromatic carbocycles. The largest absolute Gasteiger partial charge is 0.494 e. The highest BCUT2D eigenvalue weighted by Gasteiger charge is 2.29. The summed E-state index contributed by atoms with van der Waals surface area (Å²) in [5.74, 6) is 0.802. The van der Waals surface area contributed by atoms with Gasteiger partial charge in [0.25, 0.3) is 0 Å². The Morgan fingerprint density at radius 2 is 1.38 bits per heavy atom. The van der Waals surface area contributed by atoms with E-state index in [0.29, 0.717) is 6.61 Å². The Morgan fingerprint density at radius 3 is 2.00 bits per heavy atom. The Bertz CT molecular complexity index is 508. The standard InChI is InChI=1S/C22H38O7/c1-2-3-4-5-6-7-8-13-29-18-11-9-17(10-12-18)15-28-16-20(25)22(27)21(26)19(24)14-23/h9-12,19-27H,2-8,13-16H2,1H3. The van der Waals surface area contributed by atoms with Gasteiger partial charge in [0, 0.05) is 0 Å². The van der Waals surface area contributed by atoms with Crippen molar-refractivity contribution in [2.45, 2.75) is 82.9 Å². The monoisotopic (exact) mass is 414 g/mol. The molecule has 4 unspecified atom stereocenters. The predicted octanol–water partition coefficient (Wildman–Crippen LogP) is 1.77. The second kappa shape index (κ2) is 15.6. The molecule has 0 bridgehead atoms. The zero-order chi connectivity index (χ0) is 21.5. The van der Waals surface area contributed by atoms with Gasteiger partial charge < -0.3 is 35.0 Å². The lowest BCUT2D eigenvalue weighted by Crippen LogP contribution is -2.47. The number of benzene rings is 1. The van der Waals surface area contributed by atoms with Crippen LogP contribution in [0.3, 0.4) is 0 Å². The van der Waals surface area contributed by atoms with Gasteiger partial charge in [-0.3, -0.25) is 0 Å². The summed E-state index contributed by atoms with van der Waals surface area (Å²) in [7, 11) is 0. The fourth-order valence-electron chi connectivity index (χ4n) is 2.89. The molecule has 0 fully saturated rings. The van der Waals surface area contributed by atoms with Gasteiger partial charge in [-0.2, -0.15) is 0 Å². The average Bonchev–Trinajstić information content (AvgIpc) is 2.74. The Kier molecular flexibility index (Phi) is 13.9. The van der Waals surface area contributed by atoms with Gasteiger partial charge >= 0.3 is 0 Å². The molecule has 0 saturated carbocycles. The second-order valence-electron chi connectivity index (χ2n) is 7.43. The van der Waals surface area contributed by atoms with Crippen LogP contribution in [0.4, 0.5) is 0 Å². The average molecular weight is 415 g/mol. The normalized spacial score (nSPS) is 15.7. The van der Waals surface area contributed by atoms with E-state index in [1.54, 1.807) is 0 Å². The van der Waals surface area contributed by atoms with E-state index in [4.69, 9.17) is 14.6 Å². The summed E-state index contributed by atoms with van der Waals surface area (Å²) in [4.78, 5) is 0. The molecular formula is C22H38O7. The lowest BCUT2D eigenvalue weighted by molar-refractivity contribution is -0.130. The molecule has 0 aliphatic carbocycles. The third-order valence-electron chi connectivity index (χ3n) is 4.82. The molecule has 0 aliphatic rings. The van der Waals surface area contributed by atoms with Crippen molar-refractivity contribution in [3.63, 3.8) is 0 Å². The van der Waals surface area contributed by atoms with Crippen LogP contribution in [-0.2, 0) is 11.3 Å². The summed E-state index contributed by atoms with van der Waals surface area (Å²) < 4.78 is 11.1. The molecule has 7 nitrogen and oxygen atoms in total. The van der Waals surface area contributed by atoms with E-state index in [-0.39, 0.29) is 13.2 Å². The van der Waals surface area contributed by atoms with E-state index >= 15 is 0 Å². The molecule has 7 heteroatoms. The quantitative estimate of drug-likeness (QED) is 0.246. The lowest BCUT2D eigenvalue weighted by Gasteiger charge is -2.25. The number of hydrogen-bond acceptors (Lipinski definition) is 7. The van der Waals surface area contributed by atoms with Crippen LogP contribution in [0.2, 0.25) is 0 Å². The molecule has 0 aliphatic heterocycles. The highest BCUT2D eigenvalue weighted by molar-refractivity contribution is 5.26. The van der Waals surface area contributed by atoms with E-state index in [0.717, 1.165) is 17.7 Å². The molecule has 0 spiro atoms. The number of aliphatic hydroxyl groups excluding tert-OH is 5. The molecule has 168 valence electrons. The first-order valence-electron chi connectivity index (χ1n) is 10.6. The van der Waals surface area contributed by atoms with E-state index in [9.17, 15) is 20.4 Å². The summed E-state index contributed by atoms with van der Waals surface area (Å²) in [6, 6.07) is 7.47. The topological polar surface area (TPSA) is 120 Å². The van der Waals surface area contributed by atoms with Gasteiger partial charge in [0.05, 0.1) is 26.4 Å². The molecule has 29 heavy (non-hydrogen) atoms. The highest BCUT2D eigenvalue weighted by atomic mass is 16.5. The first kappa shape index (κ1) is 25.8. The van der Waals surface area contributed by atoms with E-state index in [1.165, 1.54) is 38.5 Å². The van der Waals surface area contributed by atoms with Crippen LogP contribution in [0.15, 0.2) is 24.3 Å². The van der Waals surface area contributed by atoms with Gasteiger partial charge in [0.15, 0.2) is 0 Å². The molecule has 4 atom stereocenters. The minimum Gasteiger partial charge on any atom is -0.494 e. The second-order valence-corrected chi connectivity index (χ2v) is 7.43. The van der Waals surface area contributed by atoms with E-state index < -0.39 is 31.0 Å². The summed E-state index contributed by atoms with van der Waals surface area (Å²) in [6.07, 6.45) is 2.55. The summed E-state index contributed by atoms with van der Waals surface area (Å²) in [5, 5.41) is 47.1. The van der Waals surface area contributed by atoms with Crippen LogP contribution in [0.5, 0.6) is 5.75 Å². The Hall–Kier alpha value is -1.22. The van der Waals surface area contributed by atoms with Crippen molar-refractivity contribution in [1.82, 2.24) is 0 Å². The zero-order valence-corrected chi connectivity index (χ0v) is 17.4. The number of ether oxygens (including phenoxy) is 2. The maximum atomic E-state index is 9.81. The molecule has 1 aromatic rings. The van der Waals surface area contributed by atoms with Crippen LogP contribution >= 0.6 is 0 Å². The summed E-state index contributed by atoms with van der Waals surface area (Å²) >= 11 is 0. The van der Waals surface area contributed by atoms with Crippen LogP contribution in [-0.4, -0.2) is 69.8 Å². The molecule has 0 amide bonds. The SMILES string of the molecule is CCCCCCCCCOc1ccc(COCC(O)C(O)C(O)C(O)CO)cc1. The van der Waals surface area contributed by atoms with Crippen LogP contribution in [0.25, 0.3) is 0 Å². The fraction of sp³-hybridized carbons (Fsp3) is 0.727. The van der Waals surface area contributed by atoms with Gasteiger partial charge in [-0.15, -0.1) is 0 Å². The van der Waals surface area contributed by atoms with Crippen molar-refractivity contribution in [3.05, 3.63) is 29.8 Å². The highest BCUT2D eigenvalue weighted by Crippen LogP contribution is 2.15. The molecule has 1 rings (SSSR count). The number of unbranched alkanes of at least 4 members (excludes halogenated alkanes) is 6. The van der Waals surface area contributed by atoms with Gasteiger partial charge in [-0.05, 0) is 24.1 Å². The van der Waals surface area contributed by atoms with Crippen molar-refractivity contribution in [3.8, 4) is 5.75 Å². The summed E-state index contributed by atoms with van der Waals surface area (Å²) in [6.45, 7) is 2.22. The Labute approximate surface area is 173 Å². The predicted molar refractivity (Wildman–Crippen MR) is 111 cm³/mol. The third-order valence-corrected chi connectivity index (χ3v) is 4.82. The van der Waals surface area contributed by atoms with Crippen molar-refractivity contribution < 1.29 is 35.0 Å². The van der Waals surface area contributed by atoms with Crippen LogP contribution < -0.4 is 4.74 Å². The smallest absolute Gasteiger partial charge is 0.119 e. The van der Waals surface area contributed by atoms with E-state index in [2.05, 4.69) is 6.92 Å². The summed E-state index contributed by atoms with van der Waals surface area (Å²) in [5.41, 5.74) is 0.880. The van der Waals surface area contributed by atoms with Gasteiger partial charge in [0.2, 0.25) is 0 Å². The maximum absolute atomic E-state index is 9.81. The third kappa shape index (κ3) is 10.9. The van der Waals surface area contributed by atoms with E-state index in [1.807, 2.05) is 24.3 Å². The fourth-order valence-corrected chi connectivity index (χ4v) is 2.89. The molecule has 5 N–H and O–H groups in total. The maximum Gasteiger partial charge on any atom is 0.119 e. The van der Waals surface area contributed by atoms with Crippen LogP contribution in [0, 0.1) is 0 Å². The van der Waals surface area contributed by atoms with Crippen molar-refractivity contribution in [1.29, 1.82) is 0 Å². The van der Waals surface area contributed by atoms with Gasteiger partial charge in [-0.1, -0.05) is 57.6 Å². The molecule has 0 heterocycles. The lowest BCUT2D eigenvalue weighted by atomic mass is 10.0. The van der Waals surface area contributed by atoms with Gasteiger partial charge in [0.1, 0.15) is 30.2 Å². The molecular weight excluding hydrogens is 376 g/mol. The van der Waals surface area contributed by atoms with Crippen molar-refractivity contribution in [2.24, 2.45) is 0 Å². The first-order chi connectivity index (χ1) is 14.0. The Balaban J connectivity index is 2.19. The molecule has 0 saturated heterocycles. The van der Waals surface area contributed by atoms with Crippen molar-refractivity contribution >= 4 is 0 Å². The van der Waals surface area contributed by atoms with Gasteiger partial charge in [-0.25, -0.2) is 0 Å². The molecule has 0 aromatic heterocycles. The number of aliphatic hydroxyl groups is 5. The van der Waals surface area contributed by atoms with Crippen molar-refractivity contribution in [2.75, 3.05) is 19.8 Å². The number of hydrogen-bond donors (Lipinski definition) is 5. The minimum atomic E-state index is -1.65. The number of rotatable bonds is 17. The first-order valence-corrected chi connectivity index (χ1v) is 10.6. The minimum absolute atomic E-state index is 0.215.